The maximum absolute atomic E-state index is 13.1. The van der Waals surface area contributed by atoms with Crippen LogP contribution >= 0.6 is 0 Å². The molecular weight excluding hydrogens is 692 g/mol. The van der Waals surface area contributed by atoms with E-state index in [1.807, 2.05) is 36.4 Å². The number of rotatable bonds is 9. The summed E-state index contributed by atoms with van der Waals surface area (Å²) in [5.41, 5.74) is 1.22. The van der Waals surface area contributed by atoms with Crippen molar-refractivity contribution >= 4 is 46.3 Å². The standard InChI is InChI=1S/C40H50N6O8/c1-39(2,3)53-37(51)45-31(17-19-43(45)7)35(49)41-23-33(47)26-11-9-25(10-12-26)27-13-14-29-22-30(16-15-28(29)21-27)34(48)24-42-36(50)32-18-20-44(8)46(32)38(52)54-40(4,5)6/h9-16,21-22,31-32H,17-20,23-24H2,1-8H3,(H,41,49)(H,42,50). The van der Waals surface area contributed by atoms with Crippen LogP contribution < -0.4 is 10.6 Å². The number of nitrogens with one attached hydrogen (secondary N) is 2. The van der Waals surface area contributed by atoms with E-state index >= 15 is 0 Å². The van der Waals surface area contributed by atoms with Crippen LogP contribution in [0.1, 0.15) is 75.1 Å². The Morgan fingerprint density at radius 2 is 1.00 bits per heavy atom. The maximum Gasteiger partial charge on any atom is 0.425 e. The lowest BCUT2D eigenvalue weighted by Crippen LogP contribution is -2.52. The molecule has 0 bridgehead atoms. The molecule has 0 aromatic heterocycles. The molecule has 2 unspecified atom stereocenters. The first-order valence-corrected chi connectivity index (χ1v) is 18.0. The van der Waals surface area contributed by atoms with Gasteiger partial charge in [-0.05, 0) is 88.4 Å². The number of fused-ring (bicyclic) bond motifs is 1. The monoisotopic (exact) mass is 742 g/mol. The fourth-order valence-electron chi connectivity index (χ4n) is 6.41. The van der Waals surface area contributed by atoms with Gasteiger partial charge in [0.05, 0.1) is 13.1 Å². The molecule has 2 fully saturated rings. The Morgan fingerprint density at radius 3 is 1.48 bits per heavy atom. The van der Waals surface area contributed by atoms with Gasteiger partial charge in [-0.1, -0.05) is 48.5 Å². The summed E-state index contributed by atoms with van der Waals surface area (Å²) in [6, 6.07) is 16.7. The van der Waals surface area contributed by atoms with Gasteiger partial charge in [-0.25, -0.2) is 29.6 Å². The summed E-state index contributed by atoms with van der Waals surface area (Å²) < 4.78 is 10.9. The third-order valence-electron chi connectivity index (χ3n) is 9.09. The molecule has 5 rings (SSSR count). The molecule has 2 aliphatic rings. The second-order valence-corrected chi connectivity index (χ2v) is 15.7. The lowest BCUT2D eigenvalue weighted by Gasteiger charge is -2.31. The zero-order valence-electron chi connectivity index (χ0n) is 32.2. The molecule has 0 saturated carbocycles. The minimum atomic E-state index is -0.774. The number of nitrogens with zero attached hydrogens (tertiary/aromatic N) is 4. The van der Waals surface area contributed by atoms with Gasteiger partial charge in [0, 0.05) is 38.3 Å². The molecule has 0 radical (unpaired) electrons. The predicted octanol–water partition coefficient (Wildman–Crippen LogP) is 4.82. The van der Waals surface area contributed by atoms with Crippen molar-refractivity contribution in [1.29, 1.82) is 0 Å². The van der Waals surface area contributed by atoms with Gasteiger partial charge in [0.25, 0.3) is 0 Å². The van der Waals surface area contributed by atoms with E-state index in [-0.39, 0.29) is 24.7 Å². The van der Waals surface area contributed by atoms with Crippen molar-refractivity contribution < 1.29 is 38.2 Å². The van der Waals surface area contributed by atoms with Crippen LogP contribution in [0.25, 0.3) is 21.9 Å². The smallest absolute Gasteiger partial charge is 0.425 e. The van der Waals surface area contributed by atoms with Crippen molar-refractivity contribution in [3.63, 3.8) is 0 Å². The minimum Gasteiger partial charge on any atom is -0.443 e. The van der Waals surface area contributed by atoms with Crippen molar-refractivity contribution in [2.45, 2.75) is 77.7 Å². The van der Waals surface area contributed by atoms with E-state index in [9.17, 15) is 28.8 Å². The molecule has 3 aromatic carbocycles. The zero-order chi connectivity index (χ0) is 39.5. The van der Waals surface area contributed by atoms with Crippen LogP contribution in [0.2, 0.25) is 0 Å². The van der Waals surface area contributed by atoms with Crippen LogP contribution in [0.15, 0.2) is 60.7 Å². The molecule has 288 valence electrons. The summed E-state index contributed by atoms with van der Waals surface area (Å²) in [4.78, 5) is 77.6. The van der Waals surface area contributed by atoms with Crippen LogP contribution in [-0.2, 0) is 19.1 Å². The fraction of sp³-hybridized carbons (Fsp3) is 0.450. The molecule has 0 aliphatic carbocycles. The number of amides is 4. The van der Waals surface area contributed by atoms with Gasteiger partial charge in [0.1, 0.15) is 23.3 Å². The van der Waals surface area contributed by atoms with Crippen molar-refractivity contribution in [3.8, 4) is 11.1 Å². The molecule has 2 aliphatic heterocycles. The third kappa shape index (κ3) is 9.60. The number of carbonyl (C=O) groups is 6. The van der Waals surface area contributed by atoms with Gasteiger partial charge < -0.3 is 20.1 Å². The average Bonchev–Trinajstić information content (AvgIpc) is 3.69. The second-order valence-electron chi connectivity index (χ2n) is 15.7. The Kier molecular flexibility index (Phi) is 11.8. The number of hydrazine groups is 2. The summed E-state index contributed by atoms with van der Waals surface area (Å²) in [6.45, 7) is 11.1. The third-order valence-corrected chi connectivity index (χ3v) is 9.09. The molecule has 14 nitrogen and oxygen atoms in total. The van der Waals surface area contributed by atoms with Crippen LogP contribution in [0, 0.1) is 0 Å². The van der Waals surface area contributed by atoms with Gasteiger partial charge in [-0.2, -0.15) is 0 Å². The molecule has 4 amide bonds. The molecule has 2 N–H and O–H groups in total. The number of ether oxygens (including phenoxy) is 2. The first-order chi connectivity index (χ1) is 25.3. The average molecular weight is 743 g/mol. The fourth-order valence-corrected chi connectivity index (χ4v) is 6.41. The Hall–Kier alpha value is -5.34. The second kappa shape index (κ2) is 15.9. The number of ketones is 2. The highest BCUT2D eigenvalue weighted by atomic mass is 16.6. The lowest BCUT2D eigenvalue weighted by atomic mass is 9.98. The van der Waals surface area contributed by atoms with E-state index in [0.717, 1.165) is 21.9 Å². The molecule has 2 saturated heterocycles. The van der Waals surface area contributed by atoms with Gasteiger partial charge in [0.15, 0.2) is 11.6 Å². The molecule has 54 heavy (non-hydrogen) atoms. The number of carbonyl (C=O) groups excluding carboxylic acids is 6. The molecule has 14 heteroatoms. The van der Waals surface area contributed by atoms with E-state index < -0.39 is 47.3 Å². The Balaban J connectivity index is 1.16. The highest BCUT2D eigenvalue weighted by Crippen LogP contribution is 2.27. The van der Waals surface area contributed by atoms with Crippen molar-refractivity contribution in [2.75, 3.05) is 40.3 Å². The Labute approximate surface area is 315 Å². The van der Waals surface area contributed by atoms with E-state index in [0.29, 0.717) is 37.1 Å². The van der Waals surface area contributed by atoms with Crippen molar-refractivity contribution in [1.82, 2.24) is 30.7 Å². The Bertz CT molecular complexity index is 1930. The number of Topliss-reactive ketones (excluding diaryl/α,β-unsaturated/α-hetero) is 2. The largest absolute Gasteiger partial charge is 0.443 e. The van der Waals surface area contributed by atoms with Crippen LogP contribution in [0.5, 0.6) is 0 Å². The lowest BCUT2D eigenvalue weighted by molar-refractivity contribution is -0.129. The van der Waals surface area contributed by atoms with Crippen LogP contribution in [0.4, 0.5) is 9.59 Å². The molecule has 0 spiro atoms. The van der Waals surface area contributed by atoms with Gasteiger partial charge in [0.2, 0.25) is 11.8 Å². The van der Waals surface area contributed by atoms with Crippen LogP contribution in [-0.4, -0.2) is 119 Å². The van der Waals surface area contributed by atoms with E-state index in [1.54, 1.807) is 89.9 Å². The number of hydrogen-bond acceptors (Lipinski definition) is 10. The topological polar surface area (TPSA) is 158 Å². The Morgan fingerprint density at radius 1 is 0.593 bits per heavy atom. The SMILES string of the molecule is CN1CCC(C(=O)NCC(=O)c2ccc(-c3ccc4cc(C(=O)CNC(=O)C5CCN(C)N5C(=O)OC(C)(C)C)ccc4c3)cc2)N1C(=O)OC(C)(C)C. The maximum atomic E-state index is 13.1. The molecule has 3 aromatic rings. The quantitative estimate of drug-likeness (QED) is 0.292. The zero-order valence-corrected chi connectivity index (χ0v) is 32.2. The predicted molar refractivity (Wildman–Crippen MR) is 202 cm³/mol. The highest BCUT2D eigenvalue weighted by molar-refractivity contribution is 6.03. The normalized spacial score (nSPS) is 18.1. The highest BCUT2D eigenvalue weighted by Gasteiger charge is 2.41. The summed E-state index contributed by atoms with van der Waals surface area (Å²) in [6.07, 6.45) is -0.392. The first-order valence-electron chi connectivity index (χ1n) is 18.0. The number of benzene rings is 3. The van der Waals surface area contributed by atoms with Crippen LogP contribution in [0.3, 0.4) is 0 Å². The summed E-state index contributed by atoms with van der Waals surface area (Å²) >= 11 is 0. The summed E-state index contributed by atoms with van der Waals surface area (Å²) in [5.74, 6) is -1.39. The van der Waals surface area contributed by atoms with E-state index in [1.165, 1.54) is 10.0 Å². The summed E-state index contributed by atoms with van der Waals surface area (Å²) in [7, 11) is 3.42. The first kappa shape index (κ1) is 39.9. The number of hydrogen-bond donors (Lipinski definition) is 2. The minimum absolute atomic E-state index is 0.219. The summed E-state index contributed by atoms with van der Waals surface area (Å²) in [5, 5.41) is 13.0. The van der Waals surface area contributed by atoms with Crippen molar-refractivity contribution in [2.24, 2.45) is 0 Å². The van der Waals surface area contributed by atoms with Gasteiger partial charge in [-0.3, -0.25) is 19.2 Å². The molecule has 2 atom stereocenters. The van der Waals surface area contributed by atoms with Gasteiger partial charge in [-0.15, -0.1) is 0 Å². The van der Waals surface area contributed by atoms with E-state index in [4.69, 9.17) is 9.47 Å². The molecule has 2 heterocycles. The van der Waals surface area contributed by atoms with E-state index in [2.05, 4.69) is 10.6 Å². The molecular formula is C40H50N6O8. The van der Waals surface area contributed by atoms with Crippen molar-refractivity contribution in [3.05, 3.63) is 71.8 Å². The van der Waals surface area contributed by atoms with Gasteiger partial charge >= 0.3 is 12.2 Å².